The van der Waals surface area contributed by atoms with Crippen LogP contribution in [0.5, 0.6) is 0 Å². The Kier molecular flexibility index (Phi) is 14.7. The number of rotatable bonds is 10. The molecule has 60 heavy (non-hydrogen) atoms. The molecule has 1 aliphatic carbocycles. The van der Waals surface area contributed by atoms with Crippen molar-refractivity contribution in [2.24, 2.45) is 0 Å². The van der Waals surface area contributed by atoms with Gasteiger partial charge in [0.05, 0.1) is 30.0 Å². The summed E-state index contributed by atoms with van der Waals surface area (Å²) in [5.74, 6) is -0.0149. The van der Waals surface area contributed by atoms with Crippen molar-refractivity contribution in [3.63, 3.8) is 0 Å². The first-order valence-corrected chi connectivity index (χ1v) is 23.9. The van der Waals surface area contributed by atoms with E-state index in [1.807, 2.05) is 6.92 Å². The maximum atomic E-state index is 13.0. The monoisotopic (exact) mass is 913 g/mol. The Morgan fingerprint density at radius 1 is 0.683 bits per heavy atom. The van der Waals surface area contributed by atoms with E-state index < -0.39 is 50.1 Å². The van der Waals surface area contributed by atoms with E-state index in [9.17, 15) is 42.8 Å². The molecule has 0 fully saturated rings. The summed E-state index contributed by atoms with van der Waals surface area (Å²) < 4.78 is 135. The van der Waals surface area contributed by atoms with Crippen LogP contribution in [0.2, 0.25) is 0 Å². The average molecular weight is 914 g/mol. The second-order valence-corrected chi connectivity index (χ2v) is 20.4. The predicted octanol–water partition coefficient (Wildman–Crippen LogP) is -1.19. The van der Waals surface area contributed by atoms with Crippen molar-refractivity contribution in [3.05, 3.63) is 105 Å². The van der Waals surface area contributed by atoms with E-state index in [4.69, 9.17) is 4.42 Å². The van der Waals surface area contributed by atoms with Gasteiger partial charge in [0.1, 0.15) is 25.7 Å². The molecule has 6 rings (SSSR count). The summed E-state index contributed by atoms with van der Waals surface area (Å²) in [4.78, 5) is 1.77. The minimum absolute atomic E-state index is 0. The van der Waals surface area contributed by atoms with Gasteiger partial charge in [-0.3, -0.25) is 14.0 Å². The van der Waals surface area contributed by atoms with E-state index in [2.05, 4.69) is 25.8 Å². The molecule has 5 N–H and O–H groups in total. The number of anilines is 4. The third-order valence-electron chi connectivity index (χ3n) is 9.49. The van der Waals surface area contributed by atoms with Crippen LogP contribution in [-0.2, 0) is 40.3 Å². The molecule has 306 valence electrons. The summed E-state index contributed by atoms with van der Waals surface area (Å²) in [6.45, 7) is 10.4. The van der Waals surface area contributed by atoms with Gasteiger partial charge >= 0.3 is 59.1 Å². The minimum atomic E-state index is -5.27. The Balaban J connectivity index is 0.00000397. The van der Waals surface area contributed by atoms with Gasteiger partial charge in [0.25, 0.3) is 10.1 Å². The van der Waals surface area contributed by atoms with Gasteiger partial charge in [-0.2, -0.15) is 20.6 Å². The Morgan fingerprint density at radius 2 is 1.23 bits per heavy atom. The van der Waals surface area contributed by atoms with E-state index >= 15 is 0 Å². The normalized spacial score (nSPS) is 12.5. The Bertz CT molecular complexity index is 3230. The molecular formula is C39H39N4Na2O11S4+. The topological polar surface area (TPSA) is 243 Å². The average Bonchev–Trinajstić information content (AvgIpc) is 3.09. The molecule has 21 heteroatoms. The number of hydrogen-bond donors (Lipinski definition) is 5. The van der Waals surface area contributed by atoms with E-state index in [1.54, 1.807) is 52.8 Å². The van der Waals surface area contributed by atoms with Crippen molar-refractivity contribution in [2.75, 3.05) is 27.3 Å². The predicted molar refractivity (Wildman–Crippen MR) is 220 cm³/mol. The molecule has 1 aliphatic heterocycles. The zero-order valence-corrected chi connectivity index (χ0v) is 41.7. The van der Waals surface area contributed by atoms with Gasteiger partial charge in [-0.1, -0.05) is 40.9 Å². The molecule has 0 atom stereocenters. The number of sulfonamides is 2. The zero-order chi connectivity index (χ0) is 42.9. The summed E-state index contributed by atoms with van der Waals surface area (Å²) in [5, 5.41) is 3.27. The third kappa shape index (κ3) is 10.5. The van der Waals surface area contributed by atoms with Crippen LogP contribution in [0, 0.1) is 47.6 Å². The van der Waals surface area contributed by atoms with Crippen molar-refractivity contribution in [2.45, 2.75) is 51.3 Å². The van der Waals surface area contributed by atoms with Crippen molar-refractivity contribution in [3.8, 4) is 22.5 Å². The van der Waals surface area contributed by atoms with Gasteiger partial charge in [0.2, 0.25) is 31.1 Å². The first kappa shape index (κ1) is 49.3. The Labute approximate surface area is 393 Å². The first-order chi connectivity index (χ1) is 26.7. The van der Waals surface area contributed by atoms with Crippen LogP contribution in [0.4, 0.5) is 28.4 Å². The number of fused-ring (bicyclic) bond motifs is 2. The van der Waals surface area contributed by atoms with Gasteiger partial charge in [-0.05, 0) is 87.6 Å². The van der Waals surface area contributed by atoms with Gasteiger partial charge in [0.15, 0.2) is 0 Å². The molecule has 1 heterocycles. The molecule has 0 spiro atoms. The molecule has 2 aliphatic rings. The third-order valence-corrected chi connectivity index (χ3v) is 12.4. The second-order valence-electron chi connectivity index (χ2n) is 14.1. The van der Waals surface area contributed by atoms with E-state index in [1.165, 1.54) is 36.4 Å². The minimum Gasteiger partial charge on any atom is -0.744 e. The fourth-order valence-electron chi connectivity index (χ4n) is 7.13. The summed E-state index contributed by atoms with van der Waals surface area (Å²) in [7, 11) is -17.5. The summed E-state index contributed by atoms with van der Waals surface area (Å²) in [6, 6.07) is 17.4. The van der Waals surface area contributed by atoms with Gasteiger partial charge in [-0.25, -0.2) is 30.2 Å². The van der Waals surface area contributed by atoms with Gasteiger partial charge < -0.3 is 14.3 Å². The van der Waals surface area contributed by atoms with Crippen LogP contribution in [0.25, 0.3) is 33.4 Å². The van der Waals surface area contributed by atoms with E-state index in [-0.39, 0.29) is 104 Å². The summed E-state index contributed by atoms with van der Waals surface area (Å²) in [5.41, 5.74) is 5.67. The molecule has 0 bridgehead atoms. The van der Waals surface area contributed by atoms with Gasteiger partial charge in [-0.15, -0.1) is 6.07 Å². The number of benzene rings is 5. The molecule has 0 saturated carbocycles. The fourth-order valence-corrected chi connectivity index (χ4v) is 9.84. The van der Waals surface area contributed by atoms with Gasteiger partial charge in [0, 0.05) is 28.0 Å². The SMILES string of the molecule is Cc1cc(C)c(NS(C)(=O)=O)c(C)c1Nc1[c-]cc2c(-c3ccccc3S(=O)(=O)O)c3cc(S(=O)(=O)[O-])c(=[NH+]c4c(C)cc(C)c(NS(C)(=O)=O)c4C)cc-3oc2c1.[Na+].[Na+]. The molecule has 15 nitrogen and oxygen atoms in total. The van der Waals surface area contributed by atoms with Crippen LogP contribution in [-0.4, -0.2) is 55.3 Å². The fraction of sp³-hybridized carbons (Fsp3) is 0.205. The molecule has 0 amide bonds. The van der Waals surface area contributed by atoms with Crippen molar-refractivity contribution in [1.82, 2.24) is 0 Å². The zero-order valence-electron chi connectivity index (χ0n) is 34.4. The quantitative estimate of drug-likeness (QED) is 0.0472. The van der Waals surface area contributed by atoms with E-state index in [0.29, 0.717) is 50.6 Å². The Hall–Kier alpha value is -3.31. The van der Waals surface area contributed by atoms with Crippen LogP contribution < -0.4 is 84.2 Å². The molecular weight excluding hydrogens is 875 g/mol. The van der Waals surface area contributed by atoms with Crippen LogP contribution in [0.3, 0.4) is 0 Å². The standard InChI is InChI=1S/C39H39N4O11S4.2Na/c1-20-15-22(3)38(42-55(7,44)45)24(5)36(20)40-26-13-14-27-31(17-26)54-32-19-30(41-37-21(2)16-23(4)39(25(37)6)43-56(8,46)47)34(58(51,52)53)18-29(32)35(27)28-11-9-10-12-33(28)57(48,49)50;;/h9-12,14-19,40,42-43H,1-8H3,(H,48,49,50)(H,51,52,53);;/q-1;2*+1. The van der Waals surface area contributed by atoms with Crippen LogP contribution in [0.1, 0.15) is 33.4 Å². The maximum Gasteiger partial charge on any atom is 1.00 e. The van der Waals surface area contributed by atoms with Crippen molar-refractivity contribution in [1.29, 1.82) is 0 Å². The number of nitrogens with one attached hydrogen (secondary N) is 4. The summed E-state index contributed by atoms with van der Waals surface area (Å²) >= 11 is 0. The first-order valence-electron chi connectivity index (χ1n) is 17.3. The number of hydrogen-bond acceptors (Lipinski definition) is 11. The van der Waals surface area contributed by atoms with Crippen molar-refractivity contribution < 1.29 is 111 Å². The van der Waals surface area contributed by atoms with Crippen LogP contribution >= 0.6 is 0 Å². The summed E-state index contributed by atoms with van der Waals surface area (Å²) in [6.07, 6.45) is 2.04. The second kappa shape index (κ2) is 17.8. The van der Waals surface area contributed by atoms with Crippen molar-refractivity contribution >= 4 is 79.7 Å². The molecule has 0 aromatic heterocycles. The van der Waals surface area contributed by atoms with E-state index in [0.717, 1.165) is 24.1 Å². The molecule has 4 aromatic carbocycles. The molecule has 0 radical (unpaired) electrons. The van der Waals surface area contributed by atoms with Crippen LogP contribution in [0.15, 0.2) is 74.9 Å². The maximum absolute atomic E-state index is 13.0. The molecule has 4 aromatic rings. The Morgan fingerprint density at radius 3 is 1.80 bits per heavy atom. The smallest absolute Gasteiger partial charge is 0.744 e. The largest absolute Gasteiger partial charge is 1.00 e. The molecule has 0 unspecified atom stereocenters. The number of aryl methyl sites for hydroxylation is 4. The molecule has 0 saturated heterocycles.